The summed E-state index contributed by atoms with van der Waals surface area (Å²) in [5, 5.41) is 0.252. The highest BCUT2D eigenvalue weighted by molar-refractivity contribution is 7.82. The van der Waals surface area contributed by atoms with E-state index in [4.69, 9.17) is 0 Å². The van der Waals surface area contributed by atoms with Crippen molar-refractivity contribution in [3.8, 4) is 0 Å². The molecule has 2 aromatic rings. The van der Waals surface area contributed by atoms with Crippen LogP contribution in [-0.4, -0.2) is 10.4 Å². The maximum Gasteiger partial charge on any atom is 0.298 e. The summed E-state index contributed by atoms with van der Waals surface area (Å²) >= 11 is 0. The smallest absolute Gasteiger partial charge is 0.298 e. The minimum absolute atomic E-state index is 0.252. The van der Waals surface area contributed by atoms with Gasteiger partial charge in [-0.25, -0.2) is 0 Å². The summed E-state index contributed by atoms with van der Waals surface area (Å²) in [5.41, 5.74) is 2.94. The van der Waals surface area contributed by atoms with Gasteiger partial charge in [0, 0.05) is 10.9 Å². The normalized spacial score (nSPS) is 13.7. The van der Waals surface area contributed by atoms with Crippen LogP contribution < -0.4 is 5.30 Å². The van der Waals surface area contributed by atoms with Gasteiger partial charge in [-0.2, -0.15) is 0 Å². The van der Waals surface area contributed by atoms with E-state index < -0.39 is 12.9 Å². The Kier molecular flexibility index (Phi) is 4.69. The van der Waals surface area contributed by atoms with Crippen LogP contribution in [0.1, 0.15) is 39.5 Å². The third-order valence-electron chi connectivity index (χ3n) is 3.87. The molecule has 1 unspecified atom stereocenters. The fraction of sp³-hybridized carbons (Fsp3) is 0.278. The van der Waals surface area contributed by atoms with Crippen LogP contribution in [0.2, 0.25) is 0 Å². The first-order valence-electron chi connectivity index (χ1n) is 7.33. The minimum Gasteiger partial charge on any atom is -0.336 e. The van der Waals surface area contributed by atoms with Crippen molar-refractivity contribution < 1.29 is 14.3 Å². The lowest BCUT2D eigenvalue weighted by Gasteiger charge is -2.17. The first-order chi connectivity index (χ1) is 10.3. The number of carbonyl (C=O) groups is 1. The Morgan fingerprint density at radius 3 is 2.18 bits per heavy atom. The zero-order chi connectivity index (χ0) is 16.5. The van der Waals surface area contributed by atoms with Gasteiger partial charge in [-0.3, -0.25) is 9.36 Å². The van der Waals surface area contributed by atoms with Crippen molar-refractivity contribution in [2.75, 3.05) is 0 Å². The van der Waals surface area contributed by atoms with Gasteiger partial charge in [0.15, 0.2) is 0 Å². The van der Waals surface area contributed by atoms with Crippen LogP contribution in [0.25, 0.3) is 0 Å². The number of aryl methyl sites for hydroxylation is 4. The van der Waals surface area contributed by atoms with E-state index in [0.717, 1.165) is 22.3 Å². The Balaban J connectivity index is 2.60. The fourth-order valence-electron chi connectivity index (χ4n) is 2.88. The molecule has 1 atom stereocenters. The lowest BCUT2D eigenvalue weighted by molar-refractivity contribution is 0.106. The van der Waals surface area contributed by atoms with Gasteiger partial charge in [0.2, 0.25) is 0 Å². The van der Waals surface area contributed by atoms with Gasteiger partial charge in [0.25, 0.3) is 12.9 Å². The van der Waals surface area contributed by atoms with Crippen molar-refractivity contribution in [2.24, 2.45) is 0 Å². The molecule has 116 valence electrons. The summed E-state index contributed by atoms with van der Waals surface area (Å²) in [7, 11) is -4.12. The topological polar surface area (TPSA) is 54.4 Å². The van der Waals surface area contributed by atoms with Crippen LogP contribution in [0, 0.1) is 20.8 Å². The van der Waals surface area contributed by atoms with E-state index in [0.29, 0.717) is 12.0 Å². The van der Waals surface area contributed by atoms with Crippen molar-refractivity contribution in [1.82, 2.24) is 0 Å². The quantitative estimate of drug-likeness (QED) is 0.870. The van der Waals surface area contributed by atoms with E-state index in [1.54, 1.807) is 32.0 Å². The van der Waals surface area contributed by atoms with Crippen LogP contribution >= 0.6 is 7.37 Å². The molecule has 0 aliphatic carbocycles. The molecule has 0 radical (unpaired) electrons. The van der Waals surface area contributed by atoms with Gasteiger partial charge in [0.05, 0.1) is 0 Å². The highest BCUT2D eigenvalue weighted by Crippen LogP contribution is 2.45. The van der Waals surface area contributed by atoms with Crippen LogP contribution in [0.3, 0.4) is 0 Å². The molecule has 2 aromatic carbocycles. The molecule has 0 saturated carbocycles. The molecule has 0 bridgehead atoms. The van der Waals surface area contributed by atoms with Gasteiger partial charge in [-0.05, 0) is 49.9 Å². The molecule has 0 aliphatic rings. The summed E-state index contributed by atoms with van der Waals surface area (Å²) in [4.78, 5) is 23.3. The van der Waals surface area contributed by atoms with Gasteiger partial charge < -0.3 is 4.89 Å². The number of carbonyl (C=O) groups excluding carboxylic acids is 1. The average Bonchev–Trinajstić information content (AvgIpc) is 2.45. The molecule has 2 rings (SSSR count). The maximum atomic E-state index is 12.9. The van der Waals surface area contributed by atoms with Gasteiger partial charge in [0.1, 0.15) is 0 Å². The van der Waals surface area contributed by atoms with Gasteiger partial charge in [-0.1, -0.05) is 42.8 Å². The SMILES string of the molecule is CCc1ccccc1P(=O)(O)C(=O)c1c(C)cc(C)cc1C. The van der Waals surface area contributed by atoms with Crippen molar-refractivity contribution in [3.63, 3.8) is 0 Å². The van der Waals surface area contributed by atoms with Crippen molar-refractivity contribution in [2.45, 2.75) is 34.1 Å². The lowest BCUT2D eigenvalue weighted by Crippen LogP contribution is -2.18. The molecular formula is C18H21O3P. The summed E-state index contributed by atoms with van der Waals surface area (Å²) in [5.74, 6) is 0. The summed E-state index contributed by atoms with van der Waals surface area (Å²) < 4.78 is 12.9. The third kappa shape index (κ3) is 2.92. The van der Waals surface area contributed by atoms with E-state index in [9.17, 15) is 14.3 Å². The zero-order valence-corrected chi connectivity index (χ0v) is 14.3. The van der Waals surface area contributed by atoms with Crippen LogP contribution in [0.15, 0.2) is 36.4 Å². The lowest BCUT2D eigenvalue weighted by atomic mass is 10.0. The Morgan fingerprint density at radius 2 is 1.64 bits per heavy atom. The number of rotatable bonds is 4. The molecule has 4 heteroatoms. The van der Waals surface area contributed by atoms with Crippen LogP contribution in [0.5, 0.6) is 0 Å². The van der Waals surface area contributed by atoms with Crippen molar-refractivity contribution in [1.29, 1.82) is 0 Å². The predicted octanol–water partition coefficient (Wildman–Crippen LogP) is 3.91. The first-order valence-corrected chi connectivity index (χ1v) is 8.99. The average molecular weight is 316 g/mol. The summed E-state index contributed by atoms with van der Waals surface area (Å²) in [6.07, 6.45) is 0.611. The molecule has 22 heavy (non-hydrogen) atoms. The first kappa shape index (κ1) is 16.7. The second kappa shape index (κ2) is 6.20. The van der Waals surface area contributed by atoms with E-state index >= 15 is 0 Å². The van der Waals surface area contributed by atoms with E-state index in [2.05, 4.69) is 0 Å². The molecule has 0 spiro atoms. The monoisotopic (exact) mass is 316 g/mol. The largest absolute Gasteiger partial charge is 0.336 e. The second-order valence-electron chi connectivity index (χ2n) is 5.64. The molecule has 3 nitrogen and oxygen atoms in total. The number of hydrogen-bond donors (Lipinski definition) is 1. The number of hydrogen-bond acceptors (Lipinski definition) is 2. The molecule has 0 heterocycles. The Labute approximate surface area is 131 Å². The van der Waals surface area contributed by atoms with Gasteiger partial charge in [-0.15, -0.1) is 0 Å². The Hall–Kier alpha value is -1.70. The summed E-state index contributed by atoms with van der Waals surface area (Å²) in [6, 6.07) is 10.6. The second-order valence-corrected chi connectivity index (χ2v) is 7.68. The highest BCUT2D eigenvalue weighted by Gasteiger charge is 2.35. The molecule has 0 aliphatic heterocycles. The van der Waals surface area contributed by atoms with E-state index in [1.807, 2.05) is 32.0 Å². The molecular weight excluding hydrogens is 295 g/mol. The highest BCUT2D eigenvalue weighted by atomic mass is 31.2. The Bertz CT molecular complexity index is 755. The zero-order valence-electron chi connectivity index (χ0n) is 13.4. The predicted molar refractivity (Wildman–Crippen MR) is 90.3 cm³/mol. The van der Waals surface area contributed by atoms with E-state index in [-0.39, 0.29) is 5.30 Å². The third-order valence-corrected chi connectivity index (χ3v) is 5.73. The molecule has 1 N–H and O–H groups in total. The molecule has 0 aromatic heterocycles. The maximum absolute atomic E-state index is 12.9. The summed E-state index contributed by atoms with van der Waals surface area (Å²) in [6.45, 7) is 7.46. The fourth-order valence-corrected chi connectivity index (χ4v) is 4.67. The van der Waals surface area contributed by atoms with Crippen LogP contribution in [-0.2, 0) is 11.0 Å². The Morgan fingerprint density at radius 1 is 1.09 bits per heavy atom. The standard InChI is InChI=1S/C18H21O3P/c1-5-15-8-6-7-9-16(15)22(20,21)18(19)17-13(3)10-12(2)11-14(17)4/h6-11H,5H2,1-4H3,(H,20,21). The van der Waals surface area contributed by atoms with Crippen LogP contribution in [0.4, 0.5) is 0 Å². The molecule has 0 amide bonds. The molecule has 0 fully saturated rings. The minimum atomic E-state index is -4.12. The number of benzene rings is 2. The van der Waals surface area contributed by atoms with Gasteiger partial charge >= 0.3 is 0 Å². The van der Waals surface area contributed by atoms with Crippen molar-refractivity contribution in [3.05, 3.63) is 64.2 Å². The van der Waals surface area contributed by atoms with E-state index in [1.165, 1.54) is 0 Å². The van der Waals surface area contributed by atoms with Crippen molar-refractivity contribution >= 4 is 18.2 Å². The molecule has 0 saturated heterocycles.